The van der Waals surface area contributed by atoms with E-state index in [-0.39, 0.29) is 11.7 Å². The molecule has 0 spiro atoms. The number of carbonyl (C=O) groups is 1. The molecule has 0 radical (unpaired) electrons. The number of halogens is 1. The van der Waals surface area contributed by atoms with Crippen molar-refractivity contribution in [1.82, 2.24) is 9.97 Å². The lowest BCUT2D eigenvalue weighted by molar-refractivity contribution is 0.0996. The average Bonchev–Trinajstić information content (AvgIpc) is 3.38. The van der Waals surface area contributed by atoms with Gasteiger partial charge in [0.2, 0.25) is 0 Å². The molecule has 0 fully saturated rings. The molecule has 0 aliphatic heterocycles. The van der Waals surface area contributed by atoms with E-state index in [1.54, 1.807) is 12.1 Å². The highest BCUT2D eigenvalue weighted by Crippen LogP contribution is 2.35. The molecule has 0 saturated carbocycles. The first-order valence-corrected chi connectivity index (χ1v) is 9.96. The van der Waals surface area contributed by atoms with Crippen LogP contribution >= 0.6 is 34.3 Å². The fourth-order valence-corrected chi connectivity index (χ4v) is 4.19. The van der Waals surface area contributed by atoms with Gasteiger partial charge in [-0.2, -0.15) is 0 Å². The van der Waals surface area contributed by atoms with E-state index < -0.39 is 0 Å². The maximum absolute atomic E-state index is 12.1. The molecular weight excluding hydrogens is 404 g/mol. The molecule has 9 heteroatoms. The molecule has 4 aromatic rings. The van der Waals surface area contributed by atoms with Crippen LogP contribution in [0.5, 0.6) is 0 Å². The average molecular weight is 417 g/mol. The number of furan rings is 1. The second-order valence-electron chi connectivity index (χ2n) is 5.53. The van der Waals surface area contributed by atoms with Crippen molar-refractivity contribution in [2.75, 3.05) is 10.6 Å². The van der Waals surface area contributed by atoms with Crippen LogP contribution in [0.15, 0.2) is 52.5 Å². The van der Waals surface area contributed by atoms with E-state index in [0.29, 0.717) is 10.2 Å². The molecule has 6 nitrogen and oxygen atoms in total. The Morgan fingerprint density at radius 2 is 1.96 bits per heavy atom. The van der Waals surface area contributed by atoms with Crippen molar-refractivity contribution in [2.45, 2.75) is 6.92 Å². The summed E-state index contributed by atoms with van der Waals surface area (Å²) in [6.45, 7) is 1.89. The Balaban J connectivity index is 1.50. The van der Waals surface area contributed by atoms with E-state index in [4.69, 9.17) is 16.0 Å². The summed E-state index contributed by atoms with van der Waals surface area (Å²) in [4.78, 5) is 22.0. The van der Waals surface area contributed by atoms with Gasteiger partial charge in [0.25, 0.3) is 5.91 Å². The lowest BCUT2D eigenvalue weighted by atomic mass is 10.3. The Labute approximate surface area is 167 Å². The highest BCUT2D eigenvalue weighted by Gasteiger charge is 2.16. The molecule has 4 rings (SSSR count). The van der Waals surface area contributed by atoms with Gasteiger partial charge in [-0.15, -0.1) is 11.3 Å². The van der Waals surface area contributed by atoms with Gasteiger partial charge in [-0.05, 0) is 43.3 Å². The van der Waals surface area contributed by atoms with E-state index in [1.807, 2.05) is 36.6 Å². The van der Waals surface area contributed by atoms with Crippen molar-refractivity contribution in [1.29, 1.82) is 0 Å². The second-order valence-corrected chi connectivity index (χ2v) is 7.83. The molecule has 27 heavy (non-hydrogen) atoms. The number of thiazole rings is 2. The van der Waals surface area contributed by atoms with Crippen molar-refractivity contribution in [3.63, 3.8) is 0 Å². The minimum absolute atomic E-state index is 0.243. The number of benzene rings is 1. The molecule has 136 valence electrons. The lowest BCUT2D eigenvalue weighted by Gasteiger charge is -2.01. The third kappa shape index (κ3) is 4.02. The summed E-state index contributed by atoms with van der Waals surface area (Å²) < 4.78 is 5.09. The third-order valence-corrected chi connectivity index (χ3v) is 5.70. The van der Waals surface area contributed by atoms with E-state index in [0.717, 1.165) is 27.1 Å². The fraction of sp³-hybridized carbons (Fsp3) is 0.0556. The van der Waals surface area contributed by atoms with Gasteiger partial charge < -0.3 is 9.73 Å². The maximum Gasteiger partial charge on any atom is 0.293 e. The Bertz CT molecular complexity index is 1070. The summed E-state index contributed by atoms with van der Waals surface area (Å²) in [5.74, 6) is -0.0869. The summed E-state index contributed by atoms with van der Waals surface area (Å²) in [6.07, 6.45) is 1.46. The van der Waals surface area contributed by atoms with Crippen LogP contribution < -0.4 is 10.6 Å². The highest BCUT2D eigenvalue weighted by molar-refractivity contribution is 7.20. The van der Waals surface area contributed by atoms with Crippen LogP contribution in [0.4, 0.5) is 16.0 Å². The number of rotatable bonds is 5. The molecule has 0 aliphatic rings. The quantitative estimate of drug-likeness (QED) is 0.428. The second kappa shape index (κ2) is 7.51. The minimum atomic E-state index is -0.330. The molecule has 3 heterocycles. The molecule has 0 aliphatic carbocycles. The molecule has 0 atom stereocenters. The van der Waals surface area contributed by atoms with Crippen molar-refractivity contribution >= 4 is 56.1 Å². The molecule has 1 amide bonds. The normalized spacial score (nSPS) is 10.7. The summed E-state index contributed by atoms with van der Waals surface area (Å²) in [7, 11) is 0. The number of carbonyl (C=O) groups excluding carboxylic acids is 1. The number of nitrogens with zero attached hydrogens (tertiary/aromatic N) is 2. The van der Waals surface area contributed by atoms with Crippen molar-refractivity contribution in [3.05, 3.63) is 64.5 Å². The van der Waals surface area contributed by atoms with Crippen LogP contribution in [0, 0.1) is 6.92 Å². The maximum atomic E-state index is 12.1. The monoisotopic (exact) mass is 416 g/mol. The zero-order chi connectivity index (χ0) is 18.8. The zero-order valence-corrected chi connectivity index (χ0v) is 16.4. The summed E-state index contributed by atoms with van der Waals surface area (Å²) in [6, 6.07) is 10.7. The largest absolute Gasteiger partial charge is 0.459 e. The number of nitrogens with one attached hydrogen (secondary N) is 2. The van der Waals surface area contributed by atoms with E-state index >= 15 is 0 Å². The van der Waals surface area contributed by atoms with Gasteiger partial charge in [-0.3, -0.25) is 10.1 Å². The first-order valence-electron chi connectivity index (χ1n) is 7.89. The summed E-state index contributed by atoms with van der Waals surface area (Å²) >= 11 is 8.77. The van der Waals surface area contributed by atoms with Gasteiger partial charge in [-0.25, -0.2) is 9.97 Å². The van der Waals surface area contributed by atoms with E-state index in [9.17, 15) is 4.79 Å². The van der Waals surface area contributed by atoms with E-state index in [1.165, 1.54) is 28.9 Å². The lowest BCUT2D eigenvalue weighted by Crippen LogP contribution is -2.10. The van der Waals surface area contributed by atoms with Gasteiger partial charge >= 0.3 is 0 Å². The predicted octanol–water partition coefficient (Wildman–Crippen LogP) is 5.82. The first kappa shape index (κ1) is 17.7. The summed E-state index contributed by atoms with van der Waals surface area (Å²) in [5.41, 5.74) is 2.52. The van der Waals surface area contributed by atoms with E-state index in [2.05, 4.69) is 20.6 Å². The van der Waals surface area contributed by atoms with Crippen molar-refractivity contribution in [3.8, 4) is 10.6 Å². The highest BCUT2D eigenvalue weighted by atomic mass is 35.5. The van der Waals surface area contributed by atoms with Gasteiger partial charge in [0, 0.05) is 16.1 Å². The number of aryl methyl sites for hydroxylation is 1. The predicted molar refractivity (Wildman–Crippen MR) is 109 cm³/mol. The Hall–Kier alpha value is -2.68. The molecule has 3 aromatic heterocycles. The topological polar surface area (TPSA) is 80.0 Å². The third-order valence-electron chi connectivity index (χ3n) is 3.59. The molecule has 2 N–H and O–H groups in total. The van der Waals surface area contributed by atoms with Gasteiger partial charge in [-0.1, -0.05) is 22.9 Å². The molecule has 0 saturated heterocycles. The van der Waals surface area contributed by atoms with Crippen LogP contribution in [0.1, 0.15) is 16.2 Å². The number of amides is 1. The van der Waals surface area contributed by atoms with Crippen LogP contribution in [0.2, 0.25) is 5.02 Å². The number of hydrogen-bond donors (Lipinski definition) is 2. The Morgan fingerprint density at radius 3 is 2.70 bits per heavy atom. The summed E-state index contributed by atoms with van der Waals surface area (Å²) in [5, 5.41) is 9.91. The van der Waals surface area contributed by atoms with Crippen LogP contribution in [-0.4, -0.2) is 15.9 Å². The minimum Gasteiger partial charge on any atom is -0.459 e. The van der Waals surface area contributed by atoms with Crippen molar-refractivity contribution < 1.29 is 9.21 Å². The van der Waals surface area contributed by atoms with Crippen LogP contribution in [0.25, 0.3) is 10.6 Å². The zero-order valence-electron chi connectivity index (χ0n) is 14.0. The molecule has 0 bridgehead atoms. The molecular formula is C18H13ClN4O2S2. The smallest absolute Gasteiger partial charge is 0.293 e. The van der Waals surface area contributed by atoms with Gasteiger partial charge in [0.1, 0.15) is 0 Å². The van der Waals surface area contributed by atoms with Gasteiger partial charge in [0.05, 0.1) is 22.5 Å². The number of aromatic nitrogens is 2. The molecule has 0 unspecified atom stereocenters. The number of anilines is 3. The molecule has 1 aromatic carbocycles. The standard InChI is InChI=1S/C18H13ClN4O2S2/c1-10-15(27-18(20-10)23-16(24)14-3-2-8-25-14)13-9-26-17(22-13)21-12-6-4-11(19)5-7-12/h2-9H,1H3,(H,21,22)(H,20,23,24). The van der Waals surface area contributed by atoms with Gasteiger partial charge in [0.15, 0.2) is 16.0 Å². The van der Waals surface area contributed by atoms with Crippen molar-refractivity contribution in [2.24, 2.45) is 0 Å². The van der Waals surface area contributed by atoms with Crippen LogP contribution in [-0.2, 0) is 0 Å². The number of hydrogen-bond acceptors (Lipinski definition) is 7. The van der Waals surface area contributed by atoms with Crippen LogP contribution in [0.3, 0.4) is 0 Å². The first-order chi connectivity index (χ1) is 13.1. The Morgan fingerprint density at radius 1 is 1.15 bits per heavy atom. The fourth-order valence-electron chi connectivity index (χ4n) is 2.35. The Kier molecular flexibility index (Phi) is 4.93. The SMILES string of the molecule is Cc1nc(NC(=O)c2ccco2)sc1-c1csc(Nc2ccc(Cl)cc2)n1.